The van der Waals surface area contributed by atoms with Gasteiger partial charge in [-0.1, -0.05) is 11.6 Å². The van der Waals surface area contributed by atoms with E-state index < -0.39 is 9.84 Å². The fraction of sp³-hybridized carbons (Fsp3) is 0.400. The average molecular weight is 385 g/mol. The molecule has 1 aromatic carbocycles. The van der Waals surface area contributed by atoms with E-state index >= 15 is 0 Å². The highest BCUT2D eigenvalue weighted by molar-refractivity contribution is 7.91. The largest absolute Gasteiger partial charge is 0.361 e. The molecule has 0 bridgehead atoms. The van der Waals surface area contributed by atoms with Crippen molar-refractivity contribution in [1.82, 2.24) is 10.1 Å². The molecule has 3 aromatic rings. The summed E-state index contributed by atoms with van der Waals surface area (Å²) in [5.41, 5.74) is 9.07. The van der Waals surface area contributed by atoms with E-state index in [9.17, 15) is 8.42 Å². The van der Waals surface area contributed by atoms with Gasteiger partial charge in [0.25, 0.3) is 0 Å². The topological polar surface area (TPSA) is 99.1 Å². The maximum Gasteiger partial charge on any atom is 0.179 e. The van der Waals surface area contributed by atoms with Crippen LogP contribution in [0.4, 0.5) is 0 Å². The summed E-state index contributed by atoms with van der Waals surface area (Å²) < 4.78 is 31.9. The van der Waals surface area contributed by atoms with Crippen LogP contribution in [-0.4, -0.2) is 30.4 Å². The third-order valence-electron chi connectivity index (χ3n) is 5.49. The average Bonchev–Trinajstić information content (AvgIpc) is 3.18. The molecular formula is C20H23N3O3S. The van der Waals surface area contributed by atoms with Crippen molar-refractivity contribution in [3.05, 3.63) is 41.9 Å². The lowest BCUT2D eigenvalue weighted by atomic mass is 10.0. The van der Waals surface area contributed by atoms with E-state index in [0.717, 1.165) is 36.1 Å². The zero-order valence-electron chi connectivity index (χ0n) is 15.5. The summed E-state index contributed by atoms with van der Waals surface area (Å²) in [4.78, 5) is 4.70. The van der Waals surface area contributed by atoms with Crippen LogP contribution < -0.4 is 5.73 Å². The molecule has 0 saturated heterocycles. The number of nitrogens with zero attached hydrogens (tertiary/aromatic N) is 2. The van der Waals surface area contributed by atoms with Crippen LogP contribution in [-0.2, 0) is 9.84 Å². The Kier molecular flexibility index (Phi) is 4.52. The second kappa shape index (κ2) is 6.73. The summed E-state index contributed by atoms with van der Waals surface area (Å²) in [5, 5.41) is 4.63. The fourth-order valence-electron chi connectivity index (χ4n) is 4.09. The molecule has 0 radical (unpaired) electrons. The van der Waals surface area contributed by atoms with Gasteiger partial charge in [0.05, 0.1) is 21.9 Å². The monoisotopic (exact) mass is 385 g/mol. The Morgan fingerprint density at radius 3 is 2.74 bits per heavy atom. The molecule has 2 N–H and O–H groups in total. The number of hydrogen-bond acceptors (Lipinski definition) is 6. The lowest BCUT2D eigenvalue weighted by molar-refractivity contribution is 0.393. The Hall–Kier alpha value is -2.25. The minimum absolute atomic E-state index is 0.00411. The van der Waals surface area contributed by atoms with Gasteiger partial charge in [-0.05, 0) is 62.4 Å². The van der Waals surface area contributed by atoms with E-state index in [1.54, 1.807) is 24.4 Å². The lowest BCUT2D eigenvalue weighted by Gasteiger charge is -2.17. The maximum atomic E-state index is 13.3. The number of pyridine rings is 1. The van der Waals surface area contributed by atoms with Crippen LogP contribution in [0.25, 0.3) is 22.0 Å². The van der Waals surface area contributed by atoms with Crippen LogP contribution in [0, 0.1) is 19.8 Å². The van der Waals surface area contributed by atoms with Crippen molar-refractivity contribution in [1.29, 1.82) is 0 Å². The highest BCUT2D eigenvalue weighted by Crippen LogP contribution is 2.35. The van der Waals surface area contributed by atoms with Gasteiger partial charge < -0.3 is 10.3 Å². The van der Waals surface area contributed by atoms with E-state index in [4.69, 9.17) is 10.3 Å². The summed E-state index contributed by atoms with van der Waals surface area (Å²) in [5.74, 6) is 0.733. The van der Waals surface area contributed by atoms with Crippen molar-refractivity contribution in [2.45, 2.75) is 44.0 Å². The van der Waals surface area contributed by atoms with Crippen LogP contribution in [0.2, 0.25) is 0 Å². The van der Waals surface area contributed by atoms with Gasteiger partial charge in [0.15, 0.2) is 9.84 Å². The fourth-order valence-corrected chi connectivity index (χ4v) is 6.06. The molecule has 1 fully saturated rings. The van der Waals surface area contributed by atoms with Gasteiger partial charge in [0.1, 0.15) is 5.76 Å². The van der Waals surface area contributed by atoms with Crippen LogP contribution in [0.3, 0.4) is 0 Å². The normalized spacial score (nSPS) is 20.4. The minimum atomic E-state index is -3.51. The van der Waals surface area contributed by atoms with Gasteiger partial charge in [-0.15, -0.1) is 0 Å². The SMILES string of the molecule is Cc1noc(C)c1-c1cc(S(=O)(=O)C[C@@H]2CCCC2N)c2cccnc2c1. The van der Waals surface area contributed by atoms with Gasteiger partial charge in [-0.2, -0.15) is 0 Å². The van der Waals surface area contributed by atoms with Gasteiger partial charge in [0, 0.05) is 23.2 Å². The molecule has 2 aromatic heterocycles. The summed E-state index contributed by atoms with van der Waals surface area (Å²) in [6.07, 6.45) is 4.41. The summed E-state index contributed by atoms with van der Waals surface area (Å²) in [6.45, 7) is 3.67. The summed E-state index contributed by atoms with van der Waals surface area (Å²) in [7, 11) is -3.51. The van der Waals surface area contributed by atoms with Crippen molar-refractivity contribution in [3.63, 3.8) is 0 Å². The second-order valence-corrected chi connectivity index (χ2v) is 9.38. The Morgan fingerprint density at radius 2 is 2.07 bits per heavy atom. The first kappa shape index (κ1) is 18.1. The lowest BCUT2D eigenvalue weighted by Crippen LogP contribution is -2.30. The van der Waals surface area contributed by atoms with Crippen LogP contribution in [0.15, 0.2) is 39.9 Å². The number of sulfone groups is 1. The predicted molar refractivity (Wildman–Crippen MR) is 104 cm³/mol. The number of benzene rings is 1. The van der Waals surface area contributed by atoms with Crippen LogP contribution >= 0.6 is 0 Å². The van der Waals surface area contributed by atoms with E-state index in [1.807, 2.05) is 19.9 Å². The predicted octanol–water partition coefficient (Wildman–Crippen LogP) is 3.41. The van der Waals surface area contributed by atoms with Crippen LogP contribution in [0.5, 0.6) is 0 Å². The maximum absolute atomic E-state index is 13.3. The molecule has 1 aliphatic rings. The van der Waals surface area contributed by atoms with Crippen LogP contribution in [0.1, 0.15) is 30.7 Å². The molecule has 6 nitrogen and oxygen atoms in total. The van der Waals surface area contributed by atoms with Gasteiger partial charge >= 0.3 is 0 Å². The quantitative estimate of drug-likeness (QED) is 0.739. The van der Waals surface area contributed by atoms with Gasteiger partial charge in [-0.25, -0.2) is 8.42 Å². The Labute approximate surface area is 158 Å². The summed E-state index contributed by atoms with van der Waals surface area (Å²) >= 11 is 0. The molecule has 1 unspecified atom stereocenters. The molecule has 27 heavy (non-hydrogen) atoms. The zero-order chi connectivity index (χ0) is 19.2. The first-order valence-electron chi connectivity index (χ1n) is 9.17. The van der Waals surface area contributed by atoms with E-state index in [0.29, 0.717) is 21.6 Å². The third-order valence-corrected chi connectivity index (χ3v) is 7.37. The van der Waals surface area contributed by atoms with Gasteiger partial charge in [0.2, 0.25) is 0 Å². The molecule has 7 heteroatoms. The molecule has 0 aliphatic heterocycles. The molecule has 142 valence electrons. The highest BCUT2D eigenvalue weighted by Gasteiger charge is 2.31. The molecule has 0 spiro atoms. The molecule has 2 heterocycles. The first-order valence-corrected chi connectivity index (χ1v) is 10.8. The second-order valence-electron chi connectivity index (χ2n) is 7.38. The molecular weight excluding hydrogens is 362 g/mol. The number of hydrogen-bond donors (Lipinski definition) is 1. The first-order chi connectivity index (χ1) is 12.9. The van der Waals surface area contributed by atoms with Crippen molar-refractivity contribution < 1.29 is 12.9 Å². The van der Waals surface area contributed by atoms with Gasteiger partial charge in [-0.3, -0.25) is 4.98 Å². The zero-order valence-corrected chi connectivity index (χ0v) is 16.3. The molecule has 1 aliphatic carbocycles. The van der Waals surface area contributed by atoms with Crippen molar-refractivity contribution >= 4 is 20.7 Å². The number of rotatable bonds is 4. The van der Waals surface area contributed by atoms with Crippen molar-refractivity contribution in [3.8, 4) is 11.1 Å². The molecule has 4 rings (SSSR count). The Bertz CT molecular complexity index is 1090. The highest BCUT2D eigenvalue weighted by atomic mass is 32.2. The number of aryl methyl sites for hydroxylation is 2. The molecule has 1 saturated carbocycles. The van der Waals surface area contributed by atoms with E-state index in [2.05, 4.69) is 10.1 Å². The number of nitrogens with two attached hydrogens (primary N) is 1. The smallest absolute Gasteiger partial charge is 0.179 e. The minimum Gasteiger partial charge on any atom is -0.361 e. The van der Waals surface area contributed by atoms with Crippen molar-refractivity contribution in [2.24, 2.45) is 11.7 Å². The van der Waals surface area contributed by atoms with E-state index in [1.165, 1.54) is 0 Å². The Balaban J connectivity index is 1.89. The number of aromatic nitrogens is 2. The van der Waals surface area contributed by atoms with E-state index in [-0.39, 0.29) is 17.7 Å². The molecule has 2 atom stereocenters. The standard InChI is InChI=1S/C20H23N3O3S/c1-12-20(13(2)26-23-12)15-9-18-16(6-4-8-22-18)19(10-15)27(24,25)11-14-5-3-7-17(14)21/h4,6,8-10,14,17H,3,5,7,11,21H2,1-2H3/t14-,17?/m0/s1. The van der Waals surface area contributed by atoms with Crippen molar-refractivity contribution in [2.75, 3.05) is 5.75 Å². The molecule has 0 amide bonds. The Morgan fingerprint density at radius 1 is 1.26 bits per heavy atom. The third kappa shape index (κ3) is 3.26. The number of fused-ring (bicyclic) bond motifs is 1. The summed E-state index contributed by atoms with van der Waals surface area (Å²) in [6, 6.07) is 7.14.